The molecule has 0 aliphatic carbocycles. The molecule has 10 nitrogen and oxygen atoms in total. The van der Waals surface area contributed by atoms with Gasteiger partial charge in [-0.2, -0.15) is 0 Å². The predicted octanol–water partition coefficient (Wildman–Crippen LogP) is 8.92. The molecule has 3 aromatic carbocycles. The quantitative estimate of drug-likeness (QED) is 0.0685. The average Bonchev–Trinajstić information content (AvgIpc) is 3.64. The number of amides is 1. The van der Waals surface area contributed by atoms with E-state index >= 15 is 0 Å². The van der Waals surface area contributed by atoms with E-state index in [1.54, 1.807) is 36.4 Å². The van der Waals surface area contributed by atoms with Gasteiger partial charge in [0.1, 0.15) is 22.3 Å². The molecule has 2 aromatic heterocycles. The molecule has 50 heavy (non-hydrogen) atoms. The highest BCUT2D eigenvalue weighted by molar-refractivity contribution is 7.80. The fourth-order valence-electron chi connectivity index (χ4n) is 5.69. The van der Waals surface area contributed by atoms with Gasteiger partial charge in [-0.05, 0) is 98.8 Å². The number of aromatic nitrogens is 4. The molecule has 0 saturated carbocycles. The number of aromatic amines is 1. The Morgan fingerprint density at radius 1 is 0.880 bits per heavy atom. The second-order valence-electron chi connectivity index (χ2n) is 12.5. The van der Waals surface area contributed by atoms with E-state index in [1.165, 1.54) is 44.2 Å². The number of phenolic OH excluding ortho intramolecular Hbond substituents is 1. The highest BCUT2D eigenvalue weighted by atomic mass is 35.5. The number of aromatic hydroxyl groups is 1. The number of hydrogen-bond donors (Lipinski definition) is 3. The summed E-state index contributed by atoms with van der Waals surface area (Å²) in [5.74, 6) is 1.64. The highest BCUT2D eigenvalue weighted by Crippen LogP contribution is 2.24. The largest absolute Gasteiger partial charge is 0.508 e. The van der Waals surface area contributed by atoms with Crippen molar-refractivity contribution in [1.82, 2.24) is 19.8 Å². The number of carbonyl (C=O) groups is 1. The molecule has 3 N–H and O–H groups in total. The van der Waals surface area contributed by atoms with Gasteiger partial charge < -0.3 is 19.3 Å². The van der Waals surface area contributed by atoms with Crippen molar-refractivity contribution < 1.29 is 23.0 Å². The van der Waals surface area contributed by atoms with Gasteiger partial charge in [-0.1, -0.05) is 75.6 Å². The number of rotatable bonds is 20. The SMILES string of the molecule is CCCCCCCCCCC(Oc1ccc(OS(=O)c2ccc(O)cc2)cc1)C(=O)Nc1ccc(CCCc2nnc3c(Cl)c(C)[nH]n23)cc1. The molecule has 5 aromatic rings. The first kappa shape index (κ1) is 36.9. The summed E-state index contributed by atoms with van der Waals surface area (Å²) in [7, 11) is 0. The van der Waals surface area contributed by atoms with Crippen LogP contribution >= 0.6 is 11.6 Å². The molecule has 2 unspecified atom stereocenters. The summed E-state index contributed by atoms with van der Waals surface area (Å²) in [5.41, 5.74) is 3.38. The number of hydrogen-bond acceptors (Lipinski definition) is 7. The topological polar surface area (TPSA) is 131 Å². The van der Waals surface area contributed by atoms with E-state index in [1.807, 2.05) is 35.7 Å². The number of unbranched alkanes of at least 4 members (excludes halogenated alkanes) is 7. The minimum atomic E-state index is -1.74. The molecule has 1 amide bonds. The van der Waals surface area contributed by atoms with Crippen molar-refractivity contribution in [3.8, 4) is 17.2 Å². The molecule has 0 saturated heterocycles. The van der Waals surface area contributed by atoms with Crippen LogP contribution in [0.5, 0.6) is 17.2 Å². The number of halogens is 1. The zero-order valence-corrected chi connectivity index (χ0v) is 30.3. The monoisotopic (exact) mass is 719 g/mol. The fourth-order valence-corrected chi connectivity index (χ4v) is 6.59. The molecule has 5 rings (SSSR count). The van der Waals surface area contributed by atoms with E-state index in [-0.39, 0.29) is 11.7 Å². The van der Waals surface area contributed by atoms with E-state index in [9.17, 15) is 14.1 Å². The Hall–Kier alpha value is -4.35. The molecule has 2 heterocycles. The lowest BCUT2D eigenvalue weighted by atomic mass is 10.0. The van der Waals surface area contributed by atoms with Gasteiger partial charge in [-0.3, -0.25) is 9.89 Å². The smallest absolute Gasteiger partial charge is 0.265 e. The minimum Gasteiger partial charge on any atom is -0.508 e. The van der Waals surface area contributed by atoms with Crippen LogP contribution in [0.25, 0.3) is 5.65 Å². The third-order valence-electron chi connectivity index (χ3n) is 8.54. The number of carbonyl (C=O) groups excluding carboxylic acids is 1. The van der Waals surface area contributed by atoms with Gasteiger partial charge in [0.25, 0.3) is 5.91 Å². The van der Waals surface area contributed by atoms with Crippen LogP contribution in [0.1, 0.15) is 88.2 Å². The Morgan fingerprint density at radius 3 is 2.24 bits per heavy atom. The third kappa shape index (κ3) is 10.6. The molecule has 266 valence electrons. The first-order valence-corrected chi connectivity index (χ1v) is 18.9. The lowest BCUT2D eigenvalue weighted by Crippen LogP contribution is -2.33. The van der Waals surface area contributed by atoms with Crippen LogP contribution in [-0.2, 0) is 28.7 Å². The lowest BCUT2D eigenvalue weighted by Gasteiger charge is -2.19. The van der Waals surface area contributed by atoms with Crippen molar-refractivity contribution in [1.29, 1.82) is 0 Å². The second-order valence-corrected chi connectivity index (χ2v) is 14.0. The van der Waals surface area contributed by atoms with Crippen molar-refractivity contribution in [3.63, 3.8) is 0 Å². The van der Waals surface area contributed by atoms with Gasteiger partial charge in [0.05, 0.1) is 10.6 Å². The predicted molar refractivity (Wildman–Crippen MR) is 197 cm³/mol. The van der Waals surface area contributed by atoms with Crippen LogP contribution < -0.4 is 14.2 Å². The van der Waals surface area contributed by atoms with Crippen molar-refractivity contribution in [3.05, 3.63) is 94.9 Å². The number of fused-ring (bicyclic) bond motifs is 1. The van der Waals surface area contributed by atoms with E-state index in [4.69, 9.17) is 20.5 Å². The summed E-state index contributed by atoms with van der Waals surface area (Å²) in [6, 6.07) is 20.7. The van der Waals surface area contributed by atoms with Crippen LogP contribution in [0, 0.1) is 6.92 Å². The van der Waals surface area contributed by atoms with Gasteiger partial charge in [-0.15, -0.1) is 10.2 Å². The summed E-state index contributed by atoms with van der Waals surface area (Å²) < 4.78 is 26.2. The van der Waals surface area contributed by atoms with Crippen molar-refractivity contribution in [2.24, 2.45) is 0 Å². The van der Waals surface area contributed by atoms with Gasteiger partial charge >= 0.3 is 0 Å². The zero-order chi connectivity index (χ0) is 35.3. The summed E-state index contributed by atoms with van der Waals surface area (Å²) in [5, 5.41) is 24.8. The zero-order valence-electron chi connectivity index (χ0n) is 28.7. The maximum Gasteiger partial charge on any atom is 0.265 e. The number of aryl methyl sites for hydroxylation is 3. The molecule has 12 heteroatoms. The highest BCUT2D eigenvalue weighted by Gasteiger charge is 2.21. The van der Waals surface area contributed by atoms with E-state index < -0.39 is 17.2 Å². The molecule has 0 bridgehead atoms. The number of ether oxygens (including phenoxy) is 1. The molecule has 0 spiro atoms. The Kier molecular flexibility index (Phi) is 13.7. The third-order valence-corrected chi connectivity index (χ3v) is 9.99. The number of anilines is 1. The summed E-state index contributed by atoms with van der Waals surface area (Å²) in [6.45, 7) is 4.13. The summed E-state index contributed by atoms with van der Waals surface area (Å²) in [4.78, 5) is 14.0. The molecule has 0 fully saturated rings. The van der Waals surface area contributed by atoms with Crippen molar-refractivity contribution in [2.75, 3.05) is 5.32 Å². The molecule has 2 atom stereocenters. The Balaban J connectivity index is 1.14. The number of nitrogens with zero attached hydrogens (tertiary/aromatic N) is 3. The second kappa shape index (κ2) is 18.6. The van der Waals surface area contributed by atoms with Crippen LogP contribution in [0.4, 0.5) is 5.69 Å². The first-order chi connectivity index (χ1) is 24.3. The van der Waals surface area contributed by atoms with Crippen LogP contribution in [-0.4, -0.2) is 41.1 Å². The van der Waals surface area contributed by atoms with Crippen molar-refractivity contribution in [2.45, 2.75) is 102 Å². The maximum atomic E-state index is 13.5. The Labute approximate surface area is 301 Å². The molecule has 0 radical (unpaired) electrons. The minimum absolute atomic E-state index is 0.0886. The number of nitrogens with one attached hydrogen (secondary N) is 2. The van der Waals surface area contributed by atoms with Gasteiger partial charge in [0, 0.05) is 12.1 Å². The summed E-state index contributed by atoms with van der Waals surface area (Å²) in [6.07, 6.45) is 11.7. The van der Waals surface area contributed by atoms with Crippen LogP contribution in [0.3, 0.4) is 0 Å². The van der Waals surface area contributed by atoms with Crippen LogP contribution in [0.15, 0.2) is 77.7 Å². The molecular formula is C38H46ClN5O5S. The van der Waals surface area contributed by atoms with Gasteiger partial charge in [-0.25, -0.2) is 8.72 Å². The number of benzene rings is 3. The van der Waals surface area contributed by atoms with Crippen LogP contribution in [0.2, 0.25) is 5.02 Å². The Bertz CT molecular complexity index is 1820. The fraction of sp³-hybridized carbons (Fsp3) is 0.395. The van der Waals surface area contributed by atoms with E-state index in [0.29, 0.717) is 39.2 Å². The Morgan fingerprint density at radius 2 is 1.54 bits per heavy atom. The first-order valence-electron chi connectivity index (χ1n) is 17.4. The average molecular weight is 720 g/mol. The summed E-state index contributed by atoms with van der Waals surface area (Å²) >= 11 is 4.54. The van der Waals surface area contributed by atoms with Gasteiger partial charge in [0.15, 0.2) is 17.6 Å². The standard InChI is InChI=1S/C38H46ClN5O5S/c1-3-4-5-6-7-8-9-10-13-34(48-31-21-23-32(24-22-31)49-50(47)33-25-19-30(45)20-26-33)38(46)40-29-17-15-28(16-18-29)12-11-14-35-41-42-37-36(39)27(2)43-44(35)37/h15-26,34,43,45H,3-14H2,1-2H3,(H,40,46). The van der Waals surface area contributed by atoms with E-state index in [0.717, 1.165) is 55.6 Å². The molecular weight excluding hydrogens is 674 g/mol. The normalized spacial score (nSPS) is 12.5. The van der Waals surface area contributed by atoms with Gasteiger partial charge in [0.2, 0.25) is 11.1 Å². The maximum absolute atomic E-state index is 13.5. The molecule has 0 aliphatic rings. The lowest BCUT2D eigenvalue weighted by molar-refractivity contribution is -0.123. The number of phenols is 1. The van der Waals surface area contributed by atoms with E-state index in [2.05, 4.69) is 27.5 Å². The van der Waals surface area contributed by atoms with Crippen molar-refractivity contribution >= 4 is 39.9 Å². The molecule has 0 aliphatic heterocycles. The number of H-pyrrole nitrogens is 1.